The Labute approximate surface area is 131 Å². The lowest BCUT2D eigenvalue weighted by Gasteiger charge is -2.30. The molecule has 0 radical (unpaired) electrons. The molecule has 0 spiro atoms. The highest BCUT2D eigenvalue weighted by Gasteiger charge is 2.17. The zero-order valence-electron chi connectivity index (χ0n) is 12.6. The third kappa shape index (κ3) is 3.49. The number of halogens is 1. The van der Waals surface area contributed by atoms with Crippen molar-refractivity contribution in [3.05, 3.63) is 58.6 Å². The fourth-order valence-corrected chi connectivity index (χ4v) is 2.70. The molecule has 4 heteroatoms. The van der Waals surface area contributed by atoms with E-state index in [4.69, 9.17) is 22.1 Å². The average molecular weight is 305 g/mol. The van der Waals surface area contributed by atoms with Crippen molar-refractivity contribution in [1.82, 2.24) is 0 Å². The second-order valence-electron chi connectivity index (χ2n) is 5.10. The van der Waals surface area contributed by atoms with Crippen molar-refractivity contribution in [2.45, 2.75) is 13.0 Å². The summed E-state index contributed by atoms with van der Waals surface area (Å²) in [4.78, 5) is 2.17. The molecule has 2 aromatic carbocycles. The van der Waals surface area contributed by atoms with E-state index in [1.54, 1.807) is 7.11 Å². The van der Waals surface area contributed by atoms with E-state index in [1.165, 1.54) is 5.56 Å². The first-order valence-electron chi connectivity index (χ1n) is 6.89. The summed E-state index contributed by atoms with van der Waals surface area (Å²) >= 11 is 6.22. The van der Waals surface area contributed by atoms with Crippen molar-refractivity contribution in [2.75, 3.05) is 25.6 Å². The van der Waals surface area contributed by atoms with Gasteiger partial charge in [0.2, 0.25) is 0 Å². The van der Waals surface area contributed by atoms with Gasteiger partial charge in [-0.2, -0.15) is 0 Å². The molecule has 112 valence electrons. The number of hydrogen-bond acceptors (Lipinski definition) is 3. The molecule has 1 atom stereocenters. The van der Waals surface area contributed by atoms with Crippen LogP contribution in [0.4, 0.5) is 5.69 Å². The average Bonchev–Trinajstić information content (AvgIpc) is 2.48. The molecule has 2 N–H and O–H groups in total. The van der Waals surface area contributed by atoms with Crippen LogP contribution < -0.4 is 15.4 Å². The Hall–Kier alpha value is -1.71. The Balaban J connectivity index is 2.32. The third-order valence-electron chi connectivity index (χ3n) is 3.66. The van der Waals surface area contributed by atoms with Gasteiger partial charge in [0.25, 0.3) is 0 Å². The quantitative estimate of drug-likeness (QED) is 0.913. The van der Waals surface area contributed by atoms with Gasteiger partial charge < -0.3 is 15.4 Å². The lowest BCUT2D eigenvalue weighted by atomic mass is 10.0. The molecule has 0 saturated carbocycles. The SMILES string of the molecule is COc1ccc(C(CN)N(C)c2cccc(C)c2)cc1Cl. The number of nitrogens with zero attached hydrogens (tertiary/aromatic N) is 1. The Morgan fingerprint density at radius 3 is 2.57 bits per heavy atom. The van der Waals surface area contributed by atoms with Gasteiger partial charge in [-0.25, -0.2) is 0 Å². The van der Waals surface area contributed by atoms with Crippen molar-refractivity contribution in [3.63, 3.8) is 0 Å². The largest absolute Gasteiger partial charge is 0.495 e. The van der Waals surface area contributed by atoms with E-state index >= 15 is 0 Å². The Morgan fingerprint density at radius 2 is 2.00 bits per heavy atom. The number of likely N-dealkylation sites (N-methyl/N-ethyl adjacent to an activating group) is 1. The second-order valence-corrected chi connectivity index (χ2v) is 5.50. The van der Waals surface area contributed by atoms with Gasteiger partial charge in [0, 0.05) is 19.3 Å². The zero-order valence-corrected chi connectivity index (χ0v) is 13.4. The van der Waals surface area contributed by atoms with Crippen LogP contribution in [0.3, 0.4) is 0 Å². The first kappa shape index (κ1) is 15.7. The minimum atomic E-state index is 0.0650. The Morgan fingerprint density at radius 1 is 1.24 bits per heavy atom. The standard InChI is InChI=1S/C17H21ClN2O/c1-12-5-4-6-14(9-12)20(2)16(11-19)13-7-8-17(21-3)15(18)10-13/h4-10,16H,11,19H2,1-3H3. The molecular formula is C17H21ClN2O. The van der Waals surface area contributed by atoms with Crippen molar-refractivity contribution in [2.24, 2.45) is 5.73 Å². The van der Waals surface area contributed by atoms with Crippen LogP contribution in [-0.2, 0) is 0 Å². The highest BCUT2D eigenvalue weighted by Crippen LogP contribution is 2.31. The summed E-state index contributed by atoms with van der Waals surface area (Å²) in [5.74, 6) is 0.675. The van der Waals surface area contributed by atoms with E-state index in [2.05, 4.69) is 36.1 Å². The lowest BCUT2D eigenvalue weighted by Crippen LogP contribution is -2.30. The molecule has 3 nitrogen and oxygen atoms in total. The van der Waals surface area contributed by atoms with Crippen LogP contribution in [0.25, 0.3) is 0 Å². The molecule has 0 amide bonds. The van der Waals surface area contributed by atoms with Crippen molar-refractivity contribution in [1.29, 1.82) is 0 Å². The van der Waals surface area contributed by atoms with E-state index in [9.17, 15) is 0 Å². The van der Waals surface area contributed by atoms with Crippen LogP contribution in [0, 0.1) is 6.92 Å². The van der Waals surface area contributed by atoms with E-state index < -0.39 is 0 Å². The molecule has 0 heterocycles. The van der Waals surface area contributed by atoms with Crippen LogP contribution in [0.15, 0.2) is 42.5 Å². The van der Waals surface area contributed by atoms with E-state index in [1.807, 2.05) is 25.2 Å². The minimum Gasteiger partial charge on any atom is -0.495 e. The van der Waals surface area contributed by atoms with Gasteiger partial charge in [-0.15, -0.1) is 0 Å². The number of rotatable bonds is 5. The first-order chi connectivity index (χ1) is 10.1. The number of nitrogens with two attached hydrogens (primary N) is 1. The molecule has 0 aliphatic carbocycles. The summed E-state index contributed by atoms with van der Waals surface area (Å²) < 4.78 is 5.20. The number of aryl methyl sites for hydroxylation is 1. The molecule has 2 rings (SSSR count). The van der Waals surface area contributed by atoms with Gasteiger partial charge in [0.15, 0.2) is 0 Å². The highest BCUT2D eigenvalue weighted by molar-refractivity contribution is 6.32. The van der Waals surface area contributed by atoms with E-state index in [0.29, 0.717) is 17.3 Å². The molecule has 0 saturated heterocycles. The Bertz CT molecular complexity index is 615. The van der Waals surface area contributed by atoms with Crippen LogP contribution in [0.1, 0.15) is 17.2 Å². The number of benzene rings is 2. The fraction of sp³-hybridized carbons (Fsp3) is 0.294. The first-order valence-corrected chi connectivity index (χ1v) is 7.27. The predicted octanol–water partition coefficient (Wildman–Crippen LogP) is 3.79. The van der Waals surface area contributed by atoms with E-state index in [0.717, 1.165) is 11.3 Å². The van der Waals surface area contributed by atoms with Crippen LogP contribution in [-0.4, -0.2) is 20.7 Å². The molecule has 0 bridgehead atoms. The molecule has 0 aromatic heterocycles. The minimum absolute atomic E-state index is 0.0650. The number of hydrogen-bond donors (Lipinski definition) is 1. The third-order valence-corrected chi connectivity index (χ3v) is 3.96. The number of anilines is 1. The fourth-order valence-electron chi connectivity index (χ4n) is 2.44. The maximum absolute atomic E-state index is 6.22. The topological polar surface area (TPSA) is 38.5 Å². The van der Waals surface area contributed by atoms with Crippen molar-refractivity contribution >= 4 is 17.3 Å². The number of ether oxygens (including phenoxy) is 1. The maximum atomic E-state index is 6.22. The smallest absolute Gasteiger partial charge is 0.137 e. The molecule has 21 heavy (non-hydrogen) atoms. The summed E-state index contributed by atoms with van der Waals surface area (Å²) in [6.45, 7) is 2.59. The highest BCUT2D eigenvalue weighted by atomic mass is 35.5. The van der Waals surface area contributed by atoms with Gasteiger partial charge >= 0.3 is 0 Å². The second kappa shape index (κ2) is 6.83. The summed E-state index contributed by atoms with van der Waals surface area (Å²) in [7, 11) is 3.66. The lowest BCUT2D eigenvalue weighted by molar-refractivity contribution is 0.414. The molecule has 0 aliphatic heterocycles. The van der Waals surface area contributed by atoms with Crippen LogP contribution in [0.5, 0.6) is 5.75 Å². The van der Waals surface area contributed by atoms with Crippen molar-refractivity contribution < 1.29 is 4.74 Å². The molecule has 0 fully saturated rings. The summed E-state index contributed by atoms with van der Waals surface area (Å²) in [6, 6.07) is 14.2. The molecule has 2 aromatic rings. The monoisotopic (exact) mass is 304 g/mol. The van der Waals surface area contributed by atoms with E-state index in [-0.39, 0.29) is 6.04 Å². The maximum Gasteiger partial charge on any atom is 0.137 e. The van der Waals surface area contributed by atoms with Crippen molar-refractivity contribution in [3.8, 4) is 5.75 Å². The zero-order chi connectivity index (χ0) is 15.4. The Kier molecular flexibility index (Phi) is 5.10. The van der Waals surface area contributed by atoms with Gasteiger partial charge in [-0.1, -0.05) is 29.8 Å². The molecule has 1 unspecified atom stereocenters. The van der Waals surface area contributed by atoms with Crippen LogP contribution >= 0.6 is 11.6 Å². The summed E-state index contributed by atoms with van der Waals surface area (Å²) in [5, 5.41) is 0.603. The predicted molar refractivity (Wildman–Crippen MR) is 89.4 cm³/mol. The van der Waals surface area contributed by atoms with Gasteiger partial charge in [0.1, 0.15) is 5.75 Å². The summed E-state index contributed by atoms with van der Waals surface area (Å²) in [6.07, 6.45) is 0. The van der Waals surface area contributed by atoms with Gasteiger partial charge in [0.05, 0.1) is 18.2 Å². The van der Waals surface area contributed by atoms with Gasteiger partial charge in [-0.05, 0) is 42.3 Å². The normalized spacial score (nSPS) is 12.0. The van der Waals surface area contributed by atoms with Gasteiger partial charge in [-0.3, -0.25) is 0 Å². The molecule has 0 aliphatic rings. The summed E-state index contributed by atoms with van der Waals surface area (Å²) in [5.41, 5.74) is 9.42. The molecular weight excluding hydrogens is 284 g/mol. The number of methoxy groups -OCH3 is 1. The van der Waals surface area contributed by atoms with Crippen LogP contribution in [0.2, 0.25) is 5.02 Å².